The second-order valence-corrected chi connectivity index (χ2v) is 8.10. The van der Waals surface area contributed by atoms with Crippen molar-refractivity contribution in [2.24, 2.45) is 0 Å². The van der Waals surface area contributed by atoms with Crippen LogP contribution in [-0.4, -0.2) is 49.9 Å². The first kappa shape index (κ1) is 14.5. The molecule has 1 fully saturated rings. The van der Waals surface area contributed by atoms with Gasteiger partial charge in [-0.25, -0.2) is 8.42 Å². The second kappa shape index (κ2) is 5.42. The second-order valence-electron chi connectivity index (χ2n) is 5.87. The monoisotopic (exact) mass is 308 g/mol. The number of amides is 1. The highest BCUT2D eigenvalue weighted by atomic mass is 32.2. The highest BCUT2D eigenvalue weighted by Gasteiger charge is 2.31. The number of rotatable bonds is 1. The molecule has 1 atom stereocenters. The zero-order valence-electron chi connectivity index (χ0n) is 12.1. The quantitative estimate of drug-likeness (QED) is 0.825. The highest BCUT2D eigenvalue weighted by Crippen LogP contribution is 2.20. The summed E-state index contributed by atoms with van der Waals surface area (Å²) in [5.74, 6) is 0.0617. The van der Waals surface area contributed by atoms with Crippen LogP contribution >= 0.6 is 0 Å². The van der Waals surface area contributed by atoms with Crippen molar-refractivity contribution in [1.82, 2.24) is 10.2 Å². The minimum atomic E-state index is -3.00. The first-order valence-electron chi connectivity index (χ1n) is 7.30. The maximum atomic E-state index is 12.6. The summed E-state index contributed by atoms with van der Waals surface area (Å²) in [6.45, 7) is 3.86. The lowest BCUT2D eigenvalue weighted by molar-refractivity contribution is 0.0712. The van der Waals surface area contributed by atoms with Crippen molar-refractivity contribution in [2.45, 2.75) is 25.9 Å². The van der Waals surface area contributed by atoms with Gasteiger partial charge in [0.15, 0.2) is 9.84 Å². The summed E-state index contributed by atoms with van der Waals surface area (Å²) < 4.78 is 23.2. The third-order valence-electron chi connectivity index (χ3n) is 4.27. The molecule has 0 aliphatic carbocycles. The molecule has 2 aliphatic heterocycles. The molecule has 3 rings (SSSR count). The summed E-state index contributed by atoms with van der Waals surface area (Å²) in [5, 5.41) is 3.30. The van der Waals surface area contributed by atoms with Crippen molar-refractivity contribution in [3.05, 3.63) is 34.9 Å². The van der Waals surface area contributed by atoms with Gasteiger partial charge in [-0.15, -0.1) is 0 Å². The van der Waals surface area contributed by atoms with E-state index in [2.05, 4.69) is 5.32 Å². The van der Waals surface area contributed by atoms with Crippen LogP contribution in [0.15, 0.2) is 18.2 Å². The molecule has 6 heteroatoms. The molecule has 0 saturated carbocycles. The number of fused-ring (bicyclic) bond motifs is 1. The molecule has 1 amide bonds. The van der Waals surface area contributed by atoms with Crippen LogP contribution < -0.4 is 5.32 Å². The summed E-state index contributed by atoms with van der Waals surface area (Å²) in [7, 11) is -3.00. The Bertz CT molecular complexity index is 669. The minimum absolute atomic E-state index is 0.0608. The van der Waals surface area contributed by atoms with Crippen LogP contribution in [0.4, 0.5) is 0 Å². The predicted octanol–water partition coefficient (Wildman–Crippen LogP) is 0.591. The Hall–Kier alpha value is -1.40. The Morgan fingerprint density at radius 3 is 2.90 bits per heavy atom. The van der Waals surface area contributed by atoms with Gasteiger partial charge in [0.05, 0.1) is 11.5 Å². The predicted molar refractivity (Wildman–Crippen MR) is 81.0 cm³/mol. The van der Waals surface area contributed by atoms with Gasteiger partial charge < -0.3 is 10.2 Å². The van der Waals surface area contributed by atoms with Gasteiger partial charge in [0.1, 0.15) is 0 Å². The van der Waals surface area contributed by atoms with E-state index in [0.29, 0.717) is 5.56 Å². The standard InChI is InChI=1S/C15H20N2O3S/c1-11-10-21(19,20)7-6-17(11)15(18)13-3-2-12-4-5-16-9-14(12)8-13/h2-3,8,11,16H,4-7,9-10H2,1H3. The summed E-state index contributed by atoms with van der Waals surface area (Å²) >= 11 is 0. The zero-order chi connectivity index (χ0) is 15.0. The molecule has 0 radical (unpaired) electrons. The smallest absolute Gasteiger partial charge is 0.254 e. The van der Waals surface area contributed by atoms with Crippen molar-refractivity contribution in [1.29, 1.82) is 0 Å². The lowest BCUT2D eigenvalue weighted by Gasteiger charge is -2.33. The summed E-state index contributed by atoms with van der Waals surface area (Å²) in [4.78, 5) is 14.3. The Labute approximate surface area is 125 Å². The Morgan fingerprint density at radius 2 is 2.14 bits per heavy atom. The topological polar surface area (TPSA) is 66.5 Å². The first-order chi connectivity index (χ1) is 9.96. The van der Waals surface area contributed by atoms with Crippen LogP contribution in [0.1, 0.15) is 28.4 Å². The molecule has 0 spiro atoms. The van der Waals surface area contributed by atoms with Crippen molar-refractivity contribution in [2.75, 3.05) is 24.6 Å². The van der Waals surface area contributed by atoms with E-state index < -0.39 is 9.84 Å². The van der Waals surface area contributed by atoms with Crippen LogP contribution in [0.25, 0.3) is 0 Å². The van der Waals surface area contributed by atoms with Gasteiger partial charge in [-0.3, -0.25) is 4.79 Å². The minimum Gasteiger partial charge on any atom is -0.334 e. The molecule has 2 aliphatic rings. The molecule has 0 bridgehead atoms. The molecule has 21 heavy (non-hydrogen) atoms. The molecule has 1 N–H and O–H groups in total. The Kier molecular flexibility index (Phi) is 3.75. The summed E-state index contributed by atoms with van der Waals surface area (Å²) in [5.41, 5.74) is 3.12. The fourth-order valence-electron chi connectivity index (χ4n) is 3.08. The number of carbonyl (C=O) groups excluding carboxylic acids is 1. The van der Waals surface area contributed by atoms with Crippen LogP contribution in [-0.2, 0) is 22.8 Å². The van der Waals surface area contributed by atoms with Crippen molar-refractivity contribution in [3.63, 3.8) is 0 Å². The number of benzene rings is 1. The van der Waals surface area contributed by atoms with E-state index in [1.807, 2.05) is 18.2 Å². The first-order valence-corrected chi connectivity index (χ1v) is 9.12. The van der Waals surface area contributed by atoms with E-state index in [1.165, 1.54) is 11.1 Å². The van der Waals surface area contributed by atoms with Crippen molar-refractivity contribution in [3.8, 4) is 0 Å². The van der Waals surface area contributed by atoms with Gasteiger partial charge in [-0.2, -0.15) is 0 Å². The maximum Gasteiger partial charge on any atom is 0.254 e. The van der Waals surface area contributed by atoms with Gasteiger partial charge in [0.25, 0.3) is 5.91 Å². The van der Waals surface area contributed by atoms with Gasteiger partial charge in [0.2, 0.25) is 0 Å². The molecule has 0 aromatic heterocycles. The third kappa shape index (κ3) is 2.96. The fraction of sp³-hybridized carbons (Fsp3) is 0.533. The zero-order valence-corrected chi connectivity index (χ0v) is 12.9. The molecule has 1 saturated heterocycles. The van der Waals surface area contributed by atoms with Gasteiger partial charge >= 0.3 is 0 Å². The van der Waals surface area contributed by atoms with Crippen LogP contribution in [0.3, 0.4) is 0 Å². The fourth-order valence-corrected chi connectivity index (χ4v) is 4.64. The van der Waals surface area contributed by atoms with Crippen molar-refractivity contribution >= 4 is 15.7 Å². The average Bonchev–Trinajstić information content (AvgIpc) is 2.45. The molecule has 1 unspecified atom stereocenters. The van der Waals surface area contributed by atoms with Gasteiger partial charge in [-0.05, 0) is 43.1 Å². The van der Waals surface area contributed by atoms with Crippen LogP contribution in [0, 0.1) is 0 Å². The SMILES string of the molecule is CC1CS(=O)(=O)CCN1C(=O)c1ccc2c(c1)CNCC2. The average molecular weight is 308 g/mol. The lowest BCUT2D eigenvalue weighted by atomic mass is 9.98. The molecule has 114 valence electrons. The number of nitrogens with zero attached hydrogens (tertiary/aromatic N) is 1. The summed E-state index contributed by atoms with van der Waals surface area (Å²) in [6, 6.07) is 5.57. The van der Waals surface area contributed by atoms with E-state index in [1.54, 1.807) is 11.8 Å². The van der Waals surface area contributed by atoms with Crippen LogP contribution in [0.5, 0.6) is 0 Å². The van der Waals surface area contributed by atoms with E-state index in [4.69, 9.17) is 0 Å². The number of carbonyl (C=O) groups is 1. The molecular weight excluding hydrogens is 288 g/mol. The third-order valence-corrected chi connectivity index (χ3v) is 6.07. The number of hydrogen-bond acceptors (Lipinski definition) is 4. The molecule has 1 aromatic rings. The van der Waals surface area contributed by atoms with E-state index >= 15 is 0 Å². The number of sulfone groups is 1. The normalized spacial score (nSPS) is 24.4. The van der Waals surface area contributed by atoms with E-state index in [0.717, 1.165) is 19.5 Å². The maximum absolute atomic E-state index is 12.6. The highest BCUT2D eigenvalue weighted by molar-refractivity contribution is 7.91. The number of hydrogen-bond donors (Lipinski definition) is 1. The Morgan fingerprint density at radius 1 is 1.33 bits per heavy atom. The molecule has 5 nitrogen and oxygen atoms in total. The van der Waals surface area contributed by atoms with Gasteiger partial charge in [0, 0.05) is 24.7 Å². The number of nitrogens with one attached hydrogen (secondary N) is 1. The molecule has 1 aromatic carbocycles. The summed E-state index contributed by atoms with van der Waals surface area (Å²) in [6.07, 6.45) is 0.988. The van der Waals surface area contributed by atoms with Gasteiger partial charge in [-0.1, -0.05) is 6.07 Å². The molecular formula is C15H20N2O3S. The molecule has 2 heterocycles. The Balaban J connectivity index is 1.82. The van der Waals surface area contributed by atoms with E-state index in [-0.39, 0.29) is 30.0 Å². The largest absolute Gasteiger partial charge is 0.334 e. The van der Waals surface area contributed by atoms with Crippen LogP contribution in [0.2, 0.25) is 0 Å². The van der Waals surface area contributed by atoms with E-state index in [9.17, 15) is 13.2 Å². The lowest BCUT2D eigenvalue weighted by Crippen LogP contribution is -2.49. The van der Waals surface area contributed by atoms with Crippen molar-refractivity contribution < 1.29 is 13.2 Å².